The van der Waals surface area contributed by atoms with Crippen LogP contribution in [0.5, 0.6) is 11.6 Å². The zero-order valence-electron chi connectivity index (χ0n) is 19.2. The summed E-state index contributed by atoms with van der Waals surface area (Å²) >= 11 is 0. The zero-order valence-corrected chi connectivity index (χ0v) is 19.2. The zero-order chi connectivity index (χ0) is 25.4. The first-order valence-corrected chi connectivity index (χ1v) is 11.2. The molecular formula is C22H21F4N7O3. The van der Waals surface area contributed by atoms with Crippen molar-refractivity contribution in [1.29, 1.82) is 0 Å². The molecule has 0 radical (unpaired) electrons. The van der Waals surface area contributed by atoms with Crippen molar-refractivity contribution in [2.24, 2.45) is 0 Å². The standard InChI is InChI=1S/C22H21F4N7O3/c1-12(2)18-30-21(36-31-18)32-7-5-13(6-8-32)34-20-15-10-29-33(19(15)27-11-28-20)17-4-3-14(9-16(17)23)35-22(24,25)26/h3-4,9-13H,5-8H2,1-2H3. The molecule has 14 heteroatoms. The Balaban J connectivity index is 1.30. The van der Waals surface area contributed by atoms with Crippen LogP contribution in [-0.2, 0) is 0 Å². The normalized spacial score (nSPS) is 15.1. The minimum Gasteiger partial charge on any atom is -0.474 e. The van der Waals surface area contributed by atoms with Crippen molar-refractivity contribution in [3.8, 4) is 17.3 Å². The minimum absolute atomic E-state index is 0.0993. The van der Waals surface area contributed by atoms with Gasteiger partial charge in [0.25, 0.3) is 0 Å². The number of rotatable bonds is 6. The lowest BCUT2D eigenvalue weighted by molar-refractivity contribution is -0.274. The number of anilines is 1. The van der Waals surface area contributed by atoms with Crippen LogP contribution < -0.4 is 14.4 Å². The third-order valence-corrected chi connectivity index (χ3v) is 5.65. The predicted octanol–water partition coefficient (Wildman–Crippen LogP) is 4.41. The molecule has 4 aromatic rings. The summed E-state index contributed by atoms with van der Waals surface area (Å²) in [5.74, 6) is -0.531. The fourth-order valence-corrected chi connectivity index (χ4v) is 3.86. The quantitative estimate of drug-likeness (QED) is 0.351. The fraction of sp³-hybridized carbons (Fsp3) is 0.409. The highest BCUT2D eigenvalue weighted by atomic mass is 19.4. The minimum atomic E-state index is -4.93. The number of nitrogens with zero attached hydrogens (tertiary/aromatic N) is 7. The summed E-state index contributed by atoms with van der Waals surface area (Å²) in [6.45, 7) is 5.28. The van der Waals surface area contributed by atoms with Crippen LogP contribution in [-0.4, -0.2) is 55.4 Å². The molecule has 1 fully saturated rings. The number of piperidine rings is 1. The highest BCUT2D eigenvalue weighted by molar-refractivity contribution is 5.81. The molecule has 10 nitrogen and oxygen atoms in total. The van der Waals surface area contributed by atoms with E-state index in [9.17, 15) is 17.6 Å². The smallest absolute Gasteiger partial charge is 0.474 e. The van der Waals surface area contributed by atoms with Gasteiger partial charge in [-0.1, -0.05) is 19.0 Å². The number of alkyl halides is 3. The maximum atomic E-state index is 14.6. The molecule has 0 spiro atoms. The van der Waals surface area contributed by atoms with Crippen LogP contribution in [0.1, 0.15) is 38.4 Å². The van der Waals surface area contributed by atoms with Gasteiger partial charge in [-0.15, -0.1) is 13.2 Å². The molecule has 1 aliphatic rings. The van der Waals surface area contributed by atoms with E-state index in [2.05, 4.69) is 29.9 Å². The Hall–Kier alpha value is -3.97. The van der Waals surface area contributed by atoms with E-state index in [1.807, 2.05) is 18.7 Å². The molecule has 0 bridgehead atoms. The number of hydrogen-bond donors (Lipinski definition) is 0. The molecule has 36 heavy (non-hydrogen) atoms. The molecule has 0 aliphatic carbocycles. The Labute approximate surface area is 201 Å². The molecule has 1 aliphatic heterocycles. The van der Waals surface area contributed by atoms with Crippen LogP contribution in [0.25, 0.3) is 16.7 Å². The second-order valence-corrected chi connectivity index (χ2v) is 8.53. The van der Waals surface area contributed by atoms with Crippen molar-refractivity contribution in [3.63, 3.8) is 0 Å². The molecule has 3 aromatic heterocycles. The monoisotopic (exact) mass is 507 g/mol. The first-order valence-electron chi connectivity index (χ1n) is 11.2. The van der Waals surface area contributed by atoms with Crippen molar-refractivity contribution in [3.05, 3.63) is 42.4 Å². The number of hydrogen-bond acceptors (Lipinski definition) is 9. The summed E-state index contributed by atoms with van der Waals surface area (Å²) in [6, 6.07) is 3.25. The Bertz CT molecular complexity index is 1360. The molecule has 190 valence electrons. The number of fused-ring (bicyclic) bond motifs is 1. The van der Waals surface area contributed by atoms with Gasteiger partial charge in [0.15, 0.2) is 17.3 Å². The van der Waals surface area contributed by atoms with E-state index in [1.54, 1.807) is 0 Å². The molecule has 0 amide bonds. The van der Waals surface area contributed by atoms with Gasteiger partial charge in [-0.3, -0.25) is 0 Å². The van der Waals surface area contributed by atoms with E-state index in [4.69, 9.17) is 9.26 Å². The molecule has 0 saturated carbocycles. The van der Waals surface area contributed by atoms with Crippen molar-refractivity contribution in [2.75, 3.05) is 18.0 Å². The first-order chi connectivity index (χ1) is 17.2. The van der Waals surface area contributed by atoms with Crippen molar-refractivity contribution >= 4 is 17.0 Å². The summed E-state index contributed by atoms with van der Waals surface area (Å²) in [6.07, 6.45) is -1.04. The first kappa shape index (κ1) is 23.8. The van der Waals surface area contributed by atoms with Crippen molar-refractivity contribution in [2.45, 2.75) is 45.1 Å². The SMILES string of the molecule is CC(C)c1noc(N2CCC(Oc3ncnc4c3cnn4-c3ccc(OC(F)(F)F)cc3F)CC2)n1. The summed E-state index contributed by atoms with van der Waals surface area (Å²) in [5, 5.41) is 8.58. The number of benzene rings is 1. The van der Waals surface area contributed by atoms with E-state index in [0.717, 1.165) is 12.1 Å². The van der Waals surface area contributed by atoms with Gasteiger partial charge >= 0.3 is 12.4 Å². The third kappa shape index (κ3) is 4.88. The van der Waals surface area contributed by atoms with Gasteiger partial charge in [-0.05, 0) is 12.1 Å². The van der Waals surface area contributed by atoms with Crippen LogP contribution in [0.4, 0.5) is 23.6 Å². The van der Waals surface area contributed by atoms with Crippen LogP contribution >= 0.6 is 0 Å². The van der Waals surface area contributed by atoms with Gasteiger partial charge in [0, 0.05) is 37.9 Å². The van der Waals surface area contributed by atoms with E-state index in [0.29, 0.717) is 49.2 Å². The molecular weight excluding hydrogens is 486 g/mol. The number of halogens is 4. The second-order valence-electron chi connectivity index (χ2n) is 8.53. The third-order valence-electron chi connectivity index (χ3n) is 5.65. The van der Waals surface area contributed by atoms with Gasteiger partial charge in [0.2, 0.25) is 5.88 Å². The highest BCUT2D eigenvalue weighted by Crippen LogP contribution is 2.30. The number of aromatic nitrogens is 6. The summed E-state index contributed by atoms with van der Waals surface area (Å²) in [5.41, 5.74) is 0.144. The molecule has 0 N–H and O–H groups in total. The lowest BCUT2D eigenvalue weighted by atomic mass is 10.1. The van der Waals surface area contributed by atoms with Crippen LogP contribution in [0.2, 0.25) is 0 Å². The topological polar surface area (TPSA) is 104 Å². The van der Waals surface area contributed by atoms with Gasteiger partial charge in [-0.25, -0.2) is 19.0 Å². The van der Waals surface area contributed by atoms with E-state index >= 15 is 0 Å². The van der Waals surface area contributed by atoms with Gasteiger partial charge in [-0.2, -0.15) is 10.1 Å². The van der Waals surface area contributed by atoms with Gasteiger partial charge in [0.1, 0.15) is 29.3 Å². The summed E-state index contributed by atoms with van der Waals surface area (Å²) in [4.78, 5) is 14.8. The largest absolute Gasteiger partial charge is 0.573 e. The van der Waals surface area contributed by atoms with Crippen LogP contribution in [0, 0.1) is 5.82 Å². The maximum absolute atomic E-state index is 14.6. The Morgan fingerprint density at radius 1 is 1.14 bits per heavy atom. The Morgan fingerprint density at radius 2 is 1.92 bits per heavy atom. The molecule has 4 heterocycles. The lowest BCUT2D eigenvalue weighted by Crippen LogP contribution is -2.38. The summed E-state index contributed by atoms with van der Waals surface area (Å²) < 4.78 is 68.3. The molecule has 0 unspecified atom stereocenters. The molecule has 0 atom stereocenters. The van der Waals surface area contributed by atoms with E-state index < -0.39 is 17.9 Å². The van der Waals surface area contributed by atoms with Crippen LogP contribution in [0.15, 0.2) is 35.2 Å². The fourth-order valence-electron chi connectivity index (χ4n) is 3.86. The van der Waals surface area contributed by atoms with E-state index in [-0.39, 0.29) is 29.2 Å². The molecule has 5 rings (SSSR count). The predicted molar refractivity (Wildman–Crippen MR) is 118 cm³/mol. The summed E-state index contributed by atoms with van der Waals surface area (Å²) in [7, 11) is 0. The van der Waals surface area contributed by atoms with Crippen molar-refractivity contribution in [1.82, 2.24) is 29.9 Å². The van der Waals surface area contributed by atoms with Crippen molar-refractivity contribution < 1.29 is 31.6 Å². The van der Waals surface area contributed by atoms with Gasteiger partial charge < -0.3 is 18.9 Å². The van der Waals surface area contributed by atoms with E-state index in [1.165, 1.54) is 17.2 Å². The molecule has 1 saturated heterocycles. The molecule has 1 aromatic carbocycles. The second kappa shape index (κ2) is 9.24. The Kier molecular flexibility index (Phi) is 6.10. The average Bonchev–Trinajstić information content (AvgIpc) is 3.47. The highest BCUT2D eigenvalue weighted by Gasteiger charge is 2.31. The Morgan fingerprint density at radius 3 is 2.58 bits per heavy atom. The van der Waals surface area contributed by atoms with Crippen LogP contribution in [0.3, 0.4) is 0 Å². The number of ether oxygens (including phenoxy) is 2. The van der Waals surface area contributed by atoms with Gasteiger partial charge in [0.05, 0.1) is 6.20 Å². The average molecular weight is 507 g/mol. The lowest BCUT2D eigenvalue weighted by Gasteiger charge is -2.30. The maximum Gasteiger partial charge on any atom is 0.573 e.